The number of anilines is 1. The molecule has 1 aliphatic carbocycles. The van der Waals surface area contributed by atoms with Gasteiger partial charge < -0.3 is 5.32 Å². The lowest BCUT2D eigenvalue weighted by molar-refractivity contribution is 0.308. The maximum absolute atomic E-state index is 8.77. The average molecular weight is 202 g/mol. The van der Waals surface area contributed by atoms with Gasteiger partial charge in [-0.05, 0) is 31.7 Å². The molecule has 0 atom stereocenters. The highest BCUT2D eigenvalue weighted by atomic mass is 15.1. The summed E-state index contributed by atoms with van der Waals surface area (Å²) in [5.41, 5.74) is 1.26. The number of rotatable bonds is 2. The predicted molar refractivity (Wildman–Crippen MR) is 57.3 cm³/mol. The lowest BCUT2D eigenvalue weighted by Crippen LogP contribution is -2.34. The molecule has 1 fully saturated rings. The molecule has 1 aromatic heterocycles. The Bertz CT molecular complexity index is 402. The largest absolute Gasteiger partial charge is 0.351 e. The zero-order chi connectivity index (χ0) is 10.8. The molecule has 0 bridgehead atoms. The molecular formula is C11H14N4. The topological polar surface area (TPSA) is 61.6 Å². The molecule has 1 N–H and O–H groups in total. The van der Waals surface area contributed by atoms with Crippen molar-refractivity contribution in [1.82, 2.24) is 9.97 Å². The van der Waals surface area contributed by atoms with E-state index in [9.17, 15) is 0 Å². The van der Waals surface area contributed by atoms with Gasteiger partial charge in [-0.25, -0.2) is 9.97 Å². The normalized spacial score (nSPS) is 24.1. The average Bonchev–Trinajstić information content (AvgIpc) is 2.14. The Labute approximate surface area is 89.4 Å². The van der Waals surface area contributed by atoms with Crippen LogP contribution < -0.4 is 5.32 Å². The molecule has 0 saturated heterocycles. The van der Waals surface area contributed by atoms with E-state index < -0.39 is 0 Å². The summed E-state index contributed by atoms with van der Waals surface area (Å²) in [4.78, 5) is 8.37. The number of nitriles is 1. The van der Waals surface area contributed by atoms with Crippen molar-refractivity contribution in [2.45, 2.75) is 32.7 Å². The zero-order valence-electron chi connectivity index (χ0n) is 8.99. The molecule has 1 aliphatic rings. The molecule has 1 saturated carbocycles. The van der Waals surface area contributed by atoms with Crippen LogP contribution in [0.3, 0.4) is 0 Å². The van der Waals surface area contributed by atoms with Gasteiger partial charge in [0.15, 0.2) is 0 Å². The first-order valence-electron chi connectivity index (χ1n) is 5.19. The fraction of sp³-hybridized carbons (Fsp3) is 0.545. The minimum atomic E-state index is 0.428. The third-order valence-corrected chi connectivity index (χ3v) is 2.68. The monoisotopic (exact) mass is 202 g/mol. The second-order valence-electron chi connectivity index (χ2n) is 4.25. The van der Waals surface area contributed by atoms with E-state index in [1.54, 1.807) is 6.07 Å². The van der Waals surface area contributed by atoms with Crippen molar-refractivity contribution in [3.63, 3.8) is 0 Å². The molecule has 0 radical (unpaired) electrons. The predicted octanol–water partition coefficient (Wildman–Crippen LogP) is 1.87. The van der Waals surface area contributed by atoms with Crippen LogP contribution in [-0.4, -0.2) is 16.0 Å². The molecule has 0 spiro atoms. The number of nitrogens with one attached hydrogen (secondary N) is 1. The molecule has 0 unspecified atom stereocenters. The lowest BCUT2D eigenvalue weighted by atomic mass is 9.82. The molecule has 0 amide bonds. The molecule has 1 heterocycles. The van der Waals surface area contributed by atoms with E-state index in [0.29, 0.717) is 17.7 Å². The summed E-state index contributed by atoms with van der Waals surface area (Å²) in [6, 6.07) is 4.20. The van der Waals surface area contributed by atoms with E-state index >= 15 is 0 Å². The number of aromatic nitrogens is 2. The summed E-state index contributed by atoms with van der Waals surface area (Å²) < 4.78 is 0. The second-order valence-corrected chi connectivity index (χ2v) is 4.25. The van der Waals surface area contributed by atoms with Gasteiger partial charge >= 0.3 is 0 Å². The van der Waals surface area contributed by atoms with Crippen molar-refractivity contribution in [3.05, 3.63) is 17.5 Å². The van der Waals surface area contributed by atoms with Crippen LogP contribution in [0, 0.1) is 24.2 Å². The standard InChI is InChI=1S/C11H14N4/c1-7-3-9(4-7)14-11-13-8(2)5-10(6-12)15-11/h5,7,9H,3-4H2,1-2H3,(H,13,14,15). The van der Waals surface area contributed by atoms with Gasteiger partial charge in [0.2, 0.25) is 5.95 Å². The second kappa shape index (κ2) is 3.85. The molecule has 0 aliphatic heterocycles. The Morgan fingerprint density at radius 1 is 1.47 bits per heavy atom. The van der Waals surface area contributed by atoms with Crippen molar-refractivity contribution in [2.75, 3.05) is 5.32 Å². The third-order valence-electron chi connectivity index (χ3n) is 2.68. The third kappa shape index (κ3) is 2.24. The molecule has 15 heavy (non-hydrogen) atoms. The van der Waals surface area contributed by atoms with Gasteiger partial charge in [0.1, 0.15) is 11.8 Å². The number of nitrogens with zero attached hydrogens (tertiary/aromatic N) is 3. The molecule has 1 aromatic rings. The summed E-state index contributed by atoms with van der Waals surface area (Å²) in [6.45, 7) is 4.10. The van der Waals surface area contributed by atoms with E-state index in [2.05, 4.69) is 22.2 Å². The van der Waals surface area contributed by atoms with Crippen LogP contribution in [-0.2, 0) is 0 Å². The summed E-state index contributed by atoms with van der Waals surface area (Å²) >= 11 is 0. The SMILES string of the molecule is Cc1cc(C#N)nc(NC2CC(C)C2)n1. The summed E-state index contributed by atoms with van der Waals surface area (Å²) in [5.74, 6) is 1.38. The molecule has 78 valence electrons. The van der Waals surface area contributed by atoms with Crippen LogP contribution in [0.15, 0.2) is 6.07 Å². The van der Waals surface area contributed by atoms with Crippen LogP contribution in [0.1, 0.15) is 31.2 Å². The van der Waals surface area contributed by atoms with Crippen LogP contribution in [0.25, 0.3) is 0 Å². The Morgan fingerprint density at radius 3 is 2.80 bits per heavy atom. The Kier molecular flexibility index (Phi) is 2.55. The van der Waals surface area contributed by atoms with E-state index in [0.717, 1.165) is 11.6 Å². The van der Waals surface area contributed by atoms with Crippen molar-refractivity contribution in [3.8, 4) is 6.07 Å². The molecular weight excluding hydrogens is 188 g/mol. The van der Waals surface area contributed by atoms with Gasteiger partial charge in [-0.1, -0.05) is 6.92 Å². The molecule has 2 rings (SSSR count). The highest BCUT2D eigenvalue weighted by molar-refractivity contribution is 5.34. The molecule has 0 aromatic carbocycles. The lowest BCUT2D eigenvalue weighted by Gasteiger charge is -2.33. The van der Waals surface area contributed by atoms with Crippen molar-refractivity contribution < 1.29 is 0 Å². The minimum absolute atomic E-state index is 0.428. The van der Waals surface area contributed by atoms with Crippen molar-refractivity contribution >= 4 is 5.95 Å². The first-order chi connectivity index (χ1) is 7.17. The first kappa shape index (κ1) is 9.91. The van der Waals surface area contributed by atoms with E-state index in [-0.39, 0.29) is 0 Å². The zero-order valence-corrected chi connectivity index (χ0v) is 8.99. The van der Waals surface area contributed by atoms with Gasteiger partial charge in [0.25, 0.3) is 0 Å². The molecule has 4 nitrogen and oxygen atoms in total. The van der Waals surface area contributed by atoms with Gasteiger partial charge in [0, 0.05) is 11.7 Å². The van der Waals surface area contributed by atoms with E-state index in [1.807, 2.05) is 13.0 Å². The highest BCUT2D eigenvalue weighted by Gasteiger charge is 2.25. The van der Waals surface area contributed by atoms with E-state index in [4.69, 9.17) is 5.26 Å². The smallest absolute Gasteiger partial charge is 0.224 e. The van der Waals surface area contributed by atoms with Crippen LogP contribution in [0.2, 0.25) is 0 Å². The van der Waals surface area contributed by atoms with Crippen LogP contribution >= 0.6 is 0 Å². The Balaban J connectivity index is 2.08. The number of hydrogen-bond donors (Lipinski definition) is 1. The van der Waals surface area contributed by atoms with Gasteiger partial charge in [-0.3, -0.25) is 0 Å². The summed E-state index contributed by atoms with van der Waals surface area (Å²) in [5, 5.41) is 12.0. The molecule has 4 heteroatoms. The van der Waals surface area contributed by atoms with Gasteiger partial charge in [-0.2, -0.15) is 5.26 Å². The minimum Gasteiger partial charge on any atom is -0.351 e. The van der Waals surface area contributed by atoms with Crippen LogP contribution in [0.4, 0.5) is 5.95 Å². The highest BCUT2D eigenvalue weighted by Crippen LogP contribution is 2.28. The Hall–Kier alpha value is -1.63. The summed E-state index contributed by atoms with van der Waals surface area (Å²) in [7, 11) is 0. The van der Waals surface area contributed by atoms with Gasteiger partial charge in [-0.15, -0.1) is 0 Å². The fourth-order valence-electron chi connectivity index (χ4n) is 1.89. The number of aryl methyl sites for hydroxylation is 1. The summed E-state index contributed by atoms with van der Waals surface area (Å²) in [6.07, 6.45) is 2.33. The van der Waals surface area contributed by atoms with Crippen LogP contribution in [0.5, 0.6) is 0 Å². The quantitative estimate of drug-likeness (QED) is 0.795. The number of hydrogen-bond acceptors (Lipinski definition) is 4. The Morgan fingerprint density at radius 2 is 2.20 bits per heavy atom. The van der Waals surface area contributed by atoms with Crippen molar-refractivity contribution in [1.29, 1.82) is 5.26 Å². The maximum atomic E-state index is 8.77. The first-order valence-corrected chi connectivity index (χ1v) is 5.19. The van der Waals surface area contributed by atoms with Crippen molar-refractivity contribution in [2.24, 2.45) is 5.92 Å². The fourth-order valence-corrected chi connectivity index (χ4v) is 1.89. The van der Waals surface area contributed by atoms with Gasteiger partial charge in [0.05, 0.1) is 0 Å². The van der Waals surface area contributed by atoms with E-state index in [1.165, 1.54) is 12.8 Å². The maximum Gasteiger partial charge on any atom is 0.224 e.